The van der Waals surface area contributed by atoms with Crippen molar-refractivity contribution in [2.75, 3.05) is 5.32 Å². The number of hydrogen-bond donors (Lipinski definition) is 1. The van der Waals surface area contributed by atoms with E-state index in [0.717, 1.165) is 29.2 Å². The lowest BCUT2D eigenvalue weighted by Gasteiger charge is -2.04. The fourth-order valence-electron chi connectivity index (χ4n) is 1.93. The highest BCUT2D eigenvalue weighted by Crippen LogP contribution is 2.15. The van der Waals surface area contributed by atoms with Crippen molar-refractivity contribution in [3.8, 4) is 0 Å². The van der Waals surface area contributed by atoms with Gasteiger partial charge in [0.25, 0.3) is 0 Å². The zero-order valence-corrected chi connectivity index (χ0v) is 10.9. The van der Waals surface area contributed by atoms with Gasteiger partial charge in [-0.15, -0.1) is 0 Å². The van der Waals surface area contributed by atoms with Crippen LogP contribution in [-0.4, -0.2) is 19.6 Å². The molecule has 0 fully saturated rings. The average molecular weight is 257 g/mol. The molecule has 0 aliphatic heterocycles. The molecule has 0 saturated heterocycles. The second-order valence-electron chi connectivity index (χ2n) is 4.32. The van der Waals surface area contributed by atoms with Gasteiger partial charge in [0.15, 0.2) is 5.82 Å². The van der Waals surface area contributed by atoms with Crippen LogP contribution in [0.25, 0.3) is 5.52 Å². The third kappa shape index (κ3) is 2.29. The van der Waals surface area contributed by atoms with Crippen molar-refractivity contribution in [1.82, 2.24) is 19.6 Å². The minimum Gasteiger partial charge on any atom is -0.444 e. The van der Waals surface area contributed by atoms with Crippen molar-refractivity contribution in [1.29, 1.82) is 0 Å². The van der Waals surface area contributed by atoms with Gasteiger partial charge >= 0.3 is 0 Å². The minimum absolute atomic E-state index is 0.511. The SMILES string of the molecule is CCc1cnc(CNc2nccn3nc(C)cc23)o1. The van der Waals surface area contributed by atoms with Crippen LogP contribution in [0.15, 0.2) is 29.1 Å². The molecule has 0 atom stereocenters. The molecule has 0 unspecified atom stereocenters. The highest BCUT2D eigenvalue weighted by atomic mass is 16.4. The van der Waals surface area contributed by atoms with Crippen LogP contribution >= 0.6 is 0 Å². The molecular formula is C13H15N5O. The van der Waals surface area contributed by atoms with Crippen molar-refractivity contribution in [2.45, 2.75) is 26.8 Å². The van der Waals surface area contributed by atoms with Crippen molar-refractivity contribution in [3.63, 3.8) is 0 Å². The Kier molecular flexibility index (Phi) is 2.91. The lowest BCUT2D eigenvalue weighted by molar-refractivity contribution is 0.465. The Morgan fingerprint density at radius 2 is 2.26 bits per heavy atom. The van der Waals surface area contributed by atoms with E-state index in [1.54, 1.807) is 16.9 Å². The van der Waals surface area contributed by atoms with E-state index in [2.05, 4.69) is 20.4 Å². The van der Waals surface area contributed by atoms with E-state index in [4.69, 9.17) is 4.42 Å². The molecule has 0 bridgehead atoms. The second kappa shape index (κ2) is 4.72. The summed E-state index contributed by atoms with van der Waals surface area (Å²) in [4.78, 5) is 8.53. The Labute approximate surface area is 110 Å². The van der Waals surface area contributed by atoms with E-state index in [0.29, 0.717) is 12.4 Å². The molecule has 98 valence electrons. The van der Waals surface area contributed by atoms with Gasteiger partial charge in [-0.1, -0.05) is 6.92 Å². The molecule has 0 aromatic carbocycles. The highest BCUT2D eigenvalue weighted by Gasteiger charge is 2.07. The van der Waals surface area contributed by atoms with Gasteiger partial charge in [-0.3, -0.25) is 0 Å². The van der Waals surface area contributed by atoms with Crippen LogP contribution in [-0.2, 0) is 13.0 Å². The summed E-state index contributed by atoms with van der Waals surface area (Å²) in [5.41, 5.74) is 1.91. The Morgan fingerprint density at radius 1 is 1.37 bits per heavy atom. The number of nitrogens with zero attached hydrogens (tertiary/aromatic N) is 4. The van der Waals surface area contributed by atoms with Crippen LogP contribution in [0.2, 0.25) is 0 Å². The van der Waals surface area contributed by atoms with Crippen LogP contribution < -0.4 is 5.32 Å². The van der Waals surface area contributed by atoms with Gasteiger partial charge in [-0.2, -0.15) is 5.10 Å². The number of anilines is 1. The number of fused-ring (bicyclic) bond motifs is 1. The van der Waals surface area contributed by atoms with E-state index in [1.807, 2.05) is 26.1 Å². The van der Waals surface area contributed by atoms with Crippen LogP contribution in [0.4, 0.5) is 5.82 Å². The number of aromatic nitrogens is 4. The Hall–Kier alpha value is -2.37. The lowest BCUT2D eigenvalue weighted by atomic mass is 10.4. The second-order valence-corrected chi connectivity index (χ2v) is 4.32. The predicted octanol–water partition coefficient (Wildman–Crippen LogP) is 2.20. The number of nitrogens with one attached hydrogen (secondary N) is 1. The lowest BCUT2D eigenvalue weighted by Crippen LogP contribution is -2.03. The number of hydrogen-bond acceptors (Lipinski definition) is 5. The molecule has 3 aromatic heterocycles. The molecule has 19 heavy (non-hydrogen) atoms. The largest absolute Gasteiger partial charge is 0.444 e. The maximum Gasteiger partial charge on any atom is 0.213 e. The van der Waals surface area contributed by atoms with Crippen molar-refractivity contribution in [2.24, 2.45) is 0 Å². The van der Waals surface area contributed by atoms with E-state index < -0.39 is 0 Å². The molecule has 0 aliphatic rings. The zero-order valence-electron chi connectivity index (χ0n) is 10.9. The van der Waals surface area contributed by atoms with Gasteiger partial charge in [-0.05, 0) is 13.0 Å². The van der Waals surface area contributed by atoms with Crippen molar-refractivity contribution >= 4 is 11.3 Å². The molecule has 3 heterocycles. The smallest absolute Gasteiger partial charge is 0.213 e. The quantitative estimate of drug-likeness (QED) is 0.776. The third-order valence-electron chi connectivity index (χ3n) is 2.87. The first kappa shape index (κ1) is 11.7. The maximum absolute atomic E-state index is 5.55. The molecule has 3 aromatic rings. The summed E-state index contributed by atoms with van der Waals surface area (Å²) in [7, 11) is 0. The monoisotopic (exact) mass is 257 g/mol. The molecule has 1 N–H and O–H groups in total. The normalized spacial score (nSPS) is 11.1. The predicted molar refractivity (Wildman–Crippen MR) is 70.9 cm³/mol. The molecule has 0 saturated carbocycles. The number of rotatable bonds is 4. The first-order valence-corrected chi connectivity index (χ1v) is 6.24. The van der Waals surface area contributed by atoms with E-state index >= 15 is 0 Å². The first-order valence-electron chi connectivity index (χ1n) is 6.24. The average Bonchev–Trinajstić information content (AvgIpc) is 3.01. The first-order chi connectivity index (χ1) is 9.26. The Bertz CT molecular complexity index is 700. The van der Waals surface area contributed by atoms with Crippen LogP contribution in [0.1, 0.15) is 24.3 Å². The van der Waals surface area contributed by atoms with Crippen molar-refractivity contribution < 1.29 is 4.42 Å². The summed E-state index contributed by atoms with van der Waals surface area (Å²) in [5, 5.41) is 7.57. The van der Waals surface area contributed by atoms with Gasteiger partial charge in [-0.25, -0.2) is 14.5 Å². The zero-order chi connectivity index (χ0) is 13.2. The topological polar surface area (TPSA) is 68.2 Å². The minimum atomic E-state index is 0.511. The van der Waals surface area contributed by atoms with Gasteiger partial charge in [0.1, 0.15) is 11.3 Å². The van der Waals surface area contributed by atoms with E-state index in [-0.39, 0.29) is 0 Å². The number of aryl methyl sites for hydroxylation is 2. The molecule has 6 heteroatoms. The summed E-state index contributed by atoms with van der Waals surface area (Å²) in [6.45, 7) is 4.50. The Balaban J connectivity index is 1.81. The van der Waals surface area contributed by atoms with Gasteiger partial charge in [0, 0.05) is 18.8 Å². The summed E-state index contributed by atoms with van der Waals surface area (Å²) in [6.07, 6.45) is 6.15. The maximum atomic E-state index is 5.55. The molecule has 0 spiro atoms. The summed E-state index contributed by atoms with van der Waals surface area (Å²) in [6, 6.07) is 1.99. The third-order valence-corrected chi connectivity index (χ3v) is 2.87. The Morgan fingerprint density at radius 3 is 3.05 bits per heavy atom. The summed E-state index contributed by atoms with van der Waals surface area (Å²) in [5.74, 6) is 2.33. The fourth-order valence-corrected chi connectivity index (χ4v) is 1.93. The van der Waals surface area contributed by atoms with Gasteiger partial charge < -0.3 is 9.73 Å². The van der Waals surface area contributed by atoms with Crippen LogP contribution in [0.5, 0.6) is 0 Å². The highest BCUT2D eigenvalue weighted by molar-refractivity contribution is 5.67. The van der Waals surface area contributed by atoms with E-state index in [9.17, 15) is 0 Å². The van der Waals surface area contributed by atoms with Crippen molar-refractivity contribution in [3.05, 3.63) is 42.0 Å². The molecule has 6 nitrogen and oxygen atoms in total. The van der Waals surface area contributed by atoms with Gasteiger partial charge in [0.05, 0.1) is 18.4 Å². The molecule has 0 aliphatic carbocycles. The molecule has 0 radical (unpaired) electrons. The molecule has 3 rings (SSSR count). The summed E-state index contributed by atoms with van der Waals surface area (Å²) < 4.78 is 7.35. The fraction of sp³-hybridized carbons (Fsp3) is 0.308. The van der Waals surface area contributed by atoms with E-state index in [1.165, 1.54) is 0 Å². The van der Waals surface area contributed by atoms with Crippen LogP contribution in [0, 0.1) is 6.92 Å². The van der Waals surface area contributed by atoms with Crippen LogP contribution in [0.3, 0.4) is 0 Å². The molecular weight excluding hydrogens is 242 g/mol. The standard InChI is InChI=1S/C13H15N5O/c1-3-10-7-15-12(19-10)8-16-13-11-6-9(2)17-18(11)5-4-14-13/h4-7H,3,8H2,1-2H3,(H,14,16). The van der Waals surface area contributed by atoms with Gasteiger partial charge in [0.2, 0.25) is 5.89 Å². The molecule has 0 amide bonds. The summed E-state index contributed by atoms with van der Waals surface area (Å²) >= 11 is 0. The number of oxazole rings is 1.